The SMILES string of the molecule is COc1cccc(CNc2nc(C(C)(C)C)ns2)c1. The Balaban J connectivity index is 2.00. The van der Waals surface area contributed by atoms with Gasteiger partial charge >= 0.3 is 0 Å². The standard InChI is InChI=1S/C14H19N3OS/c1-14(2,3)12-16-13(19-17-12)15-9-10-6-5-7-11(8-10)18-4/h5-8H,9H2,1-4H3,(H,15,16,17). The van der Waals surface area contributed by atoms with Crippen LogP contribution in [0.25, 0.3) is 0 Å². The first-order valence-electron chi connectivity index (χ1n) is 6.20. The molecule has 0 fully saturated rings. The van der Waals surface area contributed by atoms with E-state index in [1.54, 1.807) is 7.11 Å². The zero-order valence-corrected chi connectivity index (χ0v) is 12.5. The number of methoxy groups -OCH3 is 1. The highest BCUT2D eigenvalue weighted by atomic mass is 32.1. The summed E-state index contributed by atoms with van der Waals surface area (Å²) < 4.78 is 9.58. The Morgan fingerprint density at radius 1 is 1.32 bits per heavy atom. The Morgan fingerprint density at radius 2 is 2.11 bits per heavy atom. The molecule has 1 heterocycles. The molecule has 0 aliphatic carbocycles. The lowest BCUT2D eigenvalue weighted by Gasteiger charge is -2.12. The Labute approximate surface area is 118 Å². The molecular formula is C14H19N3OS. The smallest absolute Gasteiger partial charge is 0.202 e. The average molecular weight is 277 g/mol. The molecule has 0 radical (unpaired) electrons. The van der Waals surface area contributed by atoms with Gasteiger partial charge in [-0.2, -0.15) is 4.37 Å². The Morgan fingerprint density at radius 3 is 2.74 bits per heavy atom. The highest BCUT2D eigenvalue weighted by Gasteiger charge is 2.19. The molecule has 102 valence electrons. The van der Waals surface area contributed by atoms with Crippen LogP contribution in [-0.2, 0) is 12.0 Å². The van der Waals surface area contributed by atoms with Crippen molar-refractivity contribution in [1.29, 1.82) is 0 Å². The van der Waals surface area contributed by atoms with Gasteiger partial charge in [-0.25, -0.2) is 4.98 Å². The first-order chi connectivity index (χ1) is 8.99. The minimum absolute atomic E-state index is 0.00754. The number of nitrogens with zero attached hydrogens (tertiary/aromatic N) is 2. The van der Waals surface area contributed by atoms with E-state index >= 15 is 0 Å². The van der Waals surface area contributed by atoms with Crippen LogP contribution in [-0.4, -0.2) is 16.5 Å². The Bertz CT molecular complexity index is 546. The number of aromatic nitrogens is 2. The van der Waals surface area contributed by atoms with Gasteiger partial charge in [-0.05, 0) is 17.7 Å². The van der Waals surface area contributed by atoms with Crippen molar-refractivity contribution in [3.8, 4) is 5.75 Å². The maximum Gasteiger partial charge on any atom is 0.202 e. The quantitative estimate of drug-likeness (QED) is 0.929. The molecule has 19 heavy (non-hydrogen) atoms. The van der Waals surface area contributed by atoms with Crippen LogP contribution in [0.4, 0.5) is 5.13 Å². The summed E-state index contributed by atoms with van der Waals surface area (Å²) in [5.74, 6) is 1.75. The molecule has 0 aliphatic heterocycles. The first kappa shape index (κ1) is 13.8. The third kappa shape index (κ3) is 3.67. The summed E-state index contributed by atoms with van der Waals surface area (Å²) in [6, 6.07) is 7.99. The van der Waals surface area contributed by atoms with Gasteiger partial charge in [0.1, 0.15) is 11.6 Å². The van der Waals surface area contributed by atoms with Gasteiger partial charge in [0.25, 0.3) is 0 Å². The lowest BCUT2D eigenvalue weighted by atomic mass is 9.96. The predicted octanol–water partition coefficient (Wildman–Crippen LogP) is 3.46. The molecule has 1 N–H and O–H groups in total. The summed E-state index contributed by atoms with van der Waals surface area (Å²) in [5.41, 5.74) is 1.15. The number of benzene rings is 1. The predicted molar refractivity (Wildman–Crippen MR) is 78.9 cm³/mol. The maximum absolute atomic E-state index is 5.20. The van der Waals surface area contributed by atoms with Crippen molar-refractivity contribution >= 4 is 16.7 Å². The zero-order chi connectivity index (χ0) is 13.9. The summed E-state index contributed by atoms with van der Waals surface area (Å²) in [5, 5.41) is 4.15. The Kier molecular flexibility index (Phi) is 4.04. The lowest BCUT2D eigenvalue weighted by Crippen LogP contribution is -2.13. The van der Waals surface area contributed by atoms with E-state index in [4.69, 9.17) is 4.74 Å². The molecule has 0 atom stereocenters. The molecule has 4 nitrogen and oxygen atoms in total. The minimum Gasteiger partial charge on any atom is -0.497 e. The largest absolute Gasteiger partial charge is 0.497 e. The fourth-order valence-corrected chi connectivity index (χ4v) is 2.31. The van der Waals surface area contributed by atoms with Gasteiger partial charge in [0.15, 0.2) is 0 Å². The van der Waals surface area contributed by atoms with E-state index in [0.29, 0.717) is 0 Å². The number of hydrogen-bond acceptors (Lipinski definition) is 5. The van der Waals surface area contributed by atoms with Crippen molar-refractivity contribution in [2.24, 2.45) is 0 Å². The van der Waals surface area contributed by atoms with Crippen LogP contribution in [0.1, 0.15) is 32.2 Å². The van der Waals surface area contributed by atoms with Gasteiger partial charge in [0.2, 0.25) is 5.13 Å². The number of ether oxygens (including phenoxy) is 1. The van der Waals surface area contributed by atoms with Gasteiger partial charge in [-0.1, -0.05) is 32.9 Å². The van der Waals surface area contributed by atoms with Crippen LogP contribution >= 0.6 is 11.5 Å². The molecule has 1 aromatic heterocycles. The molecule has 0 amide bonds. The second-order valence-corrected chi connectivity index (χ2v) is 6.13. The highest BCUT2D eigenvalue weighted by Crippen LogP contribution is 2.23. The number of rotatable bonds is 4. The maximum atomic E-state index is 5.20. The Hall–Kier alpha value is -1.62. The zero-order valence-electron chi connectivity index (χ0n) is 11.7. The molecule has 1 aromatic carbocycles. The summed E-state index contributed by atoms with van der Waals surface area (Å²) in [6.07, 6.45) is 0. The van der Waals surface area contributed by atoms with Gasteiger partial charge in [-0.15, -0.1) is 0 Å². The van der Waals surface area contributed by atoms with Gasteiger partial charge < -0.3 is 10.1 Å². The van der Waals surface area contributed by atoms with E-state index in [1.807, 2.05) is 18.2 Å². The fourth-order valence-electron chi connectivity index (χ4n) is 1.56. The van der Waals surface area contributed by atoms with Crippen molar-refractivity contribution in [2.45, 2.75) is 32.7 Å². The van der Waals surface area contributed by atoms with E-state index < -0.39 is 0 Å². The average Bonchev–Trinajstić information content (AvgIpc) is 2.85. The second kappa shape index (κ2) is 5.57. The highest BCUT2D eigenvalue weighted by molar-refractivity contribution is 7.09. The van der Waals surface area contributed by atoms with E-state index in [0.717, 1.165) is 28.8 Å². The molecule has 0 unspecified atom stereocenters. The van der Waals surface area contributed by atoms with E-state index in [1.165, 1.54) is 11.5 Å². The van der Waals surface area contributed by atoms with Crippen molar-refractivity contribution in [1.82, 2.24) is 9.36 Å². The summed E-state index contributed by atoms with van der Waals surface area (Å²) in [6.45, 7) is 7.05. The first-order valence-corrected chi connectivity index (χ1v) is 6.97. The molecular weight excluding hydrogens is 258 g/mol. The van der Waals surface area contributed by atoms with Gasteiger partial charge in [0.05, 0.1) is 7.11 Å². The fraction of sp³-hybridized carbons (Fsp3) is 0.429. The van der Waals surface area contributed by atoms with Crippen LogP contribution < -0.4 is 10.1 Å². The monoisotopic (exact) mass is 277 g/mol. The topological polar surface area (TPSA) is 47.0 Å². The second-order valence-electron chi connectivity index (χ2n) is 5.38. The van der Waals surface area contributed by atoms with E-state index in [9.17, 15) is 0 Å². The molecule has 2 rings (SSSR count). The molecule has 0 spiro atoms. The van der Waals surface area contributed by atoms with Gasteiger partial charge in [-0.3, -0.25) is 0 Å². The van der Waals surface area contributed by atoms with Crippen LogP contribution in [0.5, 0.6) is 5.75 Å². The van der Waals surface area contributed by atoms with Crippen LogP contribution in [0.15, 0.2) is 24.3 Å². The number of anilines is 1. The number of hydrogen-bond donors (Lipinski definition) is 1. The van der Waals surface area contributed by atoms with Crippen LogP contribution in [0.3, 0.4) is 0 Å². The van der Waals surface area contributed by atoms with Crippen molar-refractivity contribution in [3.63, 3.8) is 0 Å². The third-order valence-corrected chi connectivity index (χ3v) is 3.35. The van der Waals surface area contributed by atoms with Crippen molar-refractivity contribution in [2.75, 3.05) is 12.4 Å². The molecule has 5 heteroatoms. The van der Waals surface area contributed by atoms with Crippen LogP contribution in [0, 0.1) is 0 Å². The van der Waals surface area contributed by atoms with Crippen molar-refractivity contribution < 1.29 is 4.74 Å². The minimum atomic E-state index is -0.00754. The van der Waals surface area contributed by atoms with E-state index in [-0.39, 0.29) is 5.41 Å². The molecule has 0 bridgehead atoms. The van der Waals surface area contributed by atoms with E-state index in [2.05, 4.69) is 41.5 Å². The lowest BCUT2D eigenvalue weighted by molar-refractivity contribution is 0.414. The normalized spacial score (nSPS) is 11.4. The van der Waals surface area contributed by atoms with Crippen molar-refractivity contribution in [3.05, 3.63) is 35.7 Å². The molecule has 0 saturated heterocycles. The molecule has 0 saturated carbocycles. The van der Waals surface area contributed by atoms with Crippen LogP contribution in [0.2, 0.25) is 0 Å². The third-order valence-electron chi connectivity index (χ3n) is 2.67. The summed E-state index contributed by atoms with van der Waals surface area (Å²) >= 11 is 1.40. The van der Waals surface area contributed by atoms with Gasteiger partial charge in [0, 0.05) is 23.5 Å². The molecule has 2 aromatic rings. The summed E-state index contributed by atoms with van der Waals surface area (Å²) in [4.78, 5) is 4.50. The number of nitrogens with one attached hydrogen (secondary N) is 1. The molecule has 0 aliphatic rings. The summed E-state index contributed by atoms with van der Waals surface area (Å²) in [7, 11) is 1.67.